The smallest absolute Gasteiger partial charge is 0.345 e. The molecule has 5 N–H and O–H groups in total. The summed E-state index contributed by atoms with van der Waals surface area (Å²) >= 11 is 6.93. The van der Waals surface area contributed by atoms with E-state index in [0.29, 0.717) is 23.1 Å². The van der Waals surface area contributed by atoms with Crippen LogP contribution in [0.15, 0.2) is 60.7 Å². The number of benzene rings is 2. The number of likely N-dealkylation sites (tertiary alicyclic amines) is 1. The first kappa shape index (κ1) is 27.4. The van der Waals surface area contributed by atoms with Crippen LogP contribution >= 0.6 is 22.9 Å². The molecule has 1 fully saturated rings. The summed E-state index contributed by atoms with van der Waals surface area (Å²) < 4.78 is 0. The molecule has 1 aliphatic heterocycles. The lowest BCUT2D eigenvalue weighted by Crippen LogP contribution is -2.54. The van der Waals surface area contributed by atoms with Crippen molar-refractivity contribution in [1.29, 1.82) is 0 Å². The molecule has 3 aromatic rings. The Kier molecular flexibility index (Phi) is 9.22. The maximum atomic E-state index is 13.4. The number of amides is 3. The lowest BCUT2D eigenvalue weighted by Gasteiger charge is -2.34. The Balaban J connectivity index is 1.40. The van der Waals surface area contributed by atoms with E-state index in [2.05, 4.69) is 20.9 Å². The zero-order valence-electron chi connectivity index (χ0n) is 20.5. The van der Waals surface area contributed by atoms with Gasteiger partial charge in [-0.1, -0.05) is 35.9 Å². The largest absolute Gasteiger partial charge is 0.508 e. The number of nitrogens with zero attached hydrogens (tertiary/aromatic N) is 1. The van der Waals surface area contributed by atoms with Crippen LogP contribution in [0.3, 0.4) is 0 Å². The number of rotatable bonds is 9. The number of hydrogen-bond acceptors (Lipinski definition) is 6. The van der Waals surface area contributed by atoms with Crippen molar-refractivity contribution in [2.75, 3.05) is 18.4 Å². The van der Waals surface area contributed by atoms with Gasteiger partial charge in [0.05, 0.1) is 5.00 Å². The van der Waals surface area contributed by atoms with Crippen LogP contribution in [0, 0.1) is 0 Å². The van der Waals surface area contributed by atoms with Gasteiger partial charge in [0.2, 0.25) is 5.91 Å². The average Bonchev–Trinajstić information content (AvgIpc) is 3.34. The predicted molar refractivity (Wildman–Crippen MR) is 147 cm³/mol. The van der Waals surface area contributed by atoms with E-state index in [1.54, 1.807) is 36.4 Å². The number of phenolic OH excluding ortho intramolecular Hbond substituents is 1. The summed E-state index contributed by atoms with van der Waals surface area (Å²) in [4.78, 5) is 39.6. The standard InChI is InChI=1S/C27H29ClN4O5S/c28-19-8-6-17(7-9-19)14-22(30-27(37)31-24-11-10-23(38-24)26(35)36)25(34)29-20-4-2-12-32(16-20)15-18-3-1-5-21(33)13-18/h1,3,5-11,13,20,22,33H,2,4,12,14-16H2,(H,29,34)(H,35,36)(H2,30,31,37)/t20-,22-/m0/s1. The number of phenols is 1. The topological polar surface area (TPSA) is 131 Å². The number of hydrogen-bond donors (Lipinski definition) is 5. The molecule has 1 saturated heterocycles. The second kappa shape index (κ2) is 12.8. The van der Waals surface area contributed by atoms with Crippen LogP contribution in [-0.2, 0) is 17.8 Å². The van der Waals surface area contributed by atoms with Gasteiger partial charge in [-0.3, -0.25) is 15.0 Å². The SMILES string of the molecule is O=C(Nc1ccc(C(=O)O)s1)N[C@@H](Cc1ccc(Cl)cc1)C(=O)N[C@H]1CCCN(Cc2cccc(O)c2)C1. The molecule has 38 heavy (non-hydrogen) atoms. The zero-order valence-corrected chi connectivity index (χ0v) is 22.1. The fraction of sp³-hybridized carbons (Fsp3) is 0.296. The molecule has 2 aromatic carbocycles. The number of carboxylic acid groups (broad SMARTS) is 1. The highest BCUT2D eigenvalue weighted by atomic mass is 35.5. The molecule has 2 heterocycles. The summed E-state index contributed by atoms with van der Waals surface area (Å²) in [6, 6.07) is 15.6. The van der Waals surface area contributed by atoms with E-state index in [1.807, 2.05) is 12.1 Å². The van der Waals surface area contributed by atoms with Crippen molar-refractivity contribution >= 4 is 45.8 Å². The van der Waals surface area contributed by atoms with Crippen molar-refractivity contribution in [3.05, 3.63) is 81.7 Å². The summed E-state index contributed by atoms with van der Waals surface area (Å²) in [6.07, 6.45) is 1.97. The molecule has 0 saturated carbocycles. The van der Waals surface area contributed by atoms with Crippen molar-refractivity contribution in [3.8, 4) is 5.75 Å². The van der Waals surface area contributed by atoms with Crippen molar-refractivity contribution in [3.63, 3.8) is 0 Å². The van der Waals surface area contributed by atoms with E-state index in [0.717, 1.165) is 41.9 Å². The van der Waals surface area contributed by atoms with Gasteiger partial charge < -0.3 is 20.8 Å². The first-order chi connectivity index (χ1) is 18.2. The van der Waals surface area contributed by atoms with Gasteiger partial charge in [-0.2, -0.15) is 0 Å². The summed E-state index contributed by atoms with van der Waals surface area (Å²) in [5.74, 6) is -1.16. The number of piperidine rings is 1. The second-order valence-electron chi connectivity index (χ2n) is 9.20. The van der Waals surface area contributed by atoms with Crippen LogP contribution in [0.5, 0.6) is 5.75 Å². The minimum Gasteiger partial charge on any atom is -0.508 e. The summed E-state index contributed by atoms with van der Waals surface area (Å²) in [7, 11) is 0. The Bertz CT molecular complexity index is 1280. The van der Waals surface area contributed by atoms with Gasteiger partial charge >= 0.3 is 12.0 Å². The van der Waals surface area contributed by atoms with E-state index >= 15 is 0 Å². The highest BCUT2D eigenvalue weighted by molar-refractivity contribution is 7.18. The van der Waals surface area contributed by atoms with Gasteiger partial charge in [-0.15, -0.1) is 11.3 Å². The van der Waals surface area contributed by atoms with Crippen LogP contribution in [0.25, 0.3) is 0 Å². The Labute approximate surface area is 229 Å². The third-order valence-electron chi connectivity index (χ3n) is 6.20. The molecule has 11 heteroatoms. The van der Waals surface area contributed by atoms with Gasteiger partial charge in [0.25, 0.3) is 0 Å². The first-order valence-electron chi connectivity index (χ1n) is 12.2. The number of anilines is 1. The molecule has 3 amide bonds. The molecule has 0 bridgehead atoms. The quantitative estimate of drug-likeness (QED) is 0.267. The maximum absolute atomic E-state index is 13.4. The van der Waals surface area contributed by atoms with Crippen LogP contribution < -0.4 is 16.0 Å². The highest BCUT2D eigenvalue weighted by Gasteiger charge is 2.27. The zero-order chi connectivity index (χ0) is 27.1. The molecule has 0 aliphatic carbocycles. The van der Waals surface area contributed by atoms with Gasteiger partial charge in [0, 0.05) is 30.6 Å². The Morgan fingerprint density at radius 3 is 2.58 bits per heavy atom. The van der Waals surface area contributed by atoms with Gasteiger partial charge in [-0.05, 0) is 66.9 Å². The van der Waals surface area contributed by atoms with Crippen LogP contribution in [0.2, 0.25) is 5.02 Å². The van der Waals surface area contributed by atoms with Gasteiger partial charge in [0.15, 0.2) is 0 Å². The van der Waals surface area contributed by atoms with E-state index in [-0.39, 0.29) is 29.0 Å². The van der Waals surface area contributed by atoms with Crippen molar-refractivity contribution in [2.24, 2.45) is 0 Å². The summed E-state index contributed by atoms with van der Waals surface area (Å²) in [6.45, 7) is 2.19. The monoisotopic (exact) mass is 556 g/mol. The van der Waals surface area contributed by atoms with Crippen LogP contribution in [0.1, 0.15) is 33.6 Å². The maximum Gasteiger partial charge on any atom is 0.345 e. The molecular formula is C27H29ClN4O5S. The number of urea groups is 1. The lowest BCUT2D eigenvalue weighted by molar-refractivity contribution is -0.124. The predicted octanol–water partition coefficient (Wildman–Crippen LogP) is 4.32. The van der Waals surface area contributed by atoms with Crippen molar-refractivity contribution in [2.45, 2.75) is 37.9 Å². The molecule has 0 unspecified atom stereocenters. The number of thiophene rings is 1. The average molecular weight is 557 g/mol. The fourth-order valence-electron chi connectivity index (χ4n) is 4.42. The minimum absolute atomic E-state index is 0.0958. The molecule has 0 spiro atoms. The Morgan fingerprint density at radius 2 is 1.87 bits per heavy atom. The molecule has 2 atom stereocenters. The number of carbonyl (C=O) groups excluding carboxylic acids is 2. The Hall–Kier alpha value is -3.60. The minimum atomic E-state index is -1.07. The van der Waals surface area contributed by atoms with Crippen LogP contribution in [-0.4, -0.2) is 58.2 Å². The van der Waals surface area contributed by atoms with Crippen molar-refractivity contribution in [1.82, 2.24) is 15.5 Å². The van der Waals surface area contributed by atoms with Gasteiger partial charge in [0.1, 0.15) is 16.7 Å². The fourth-order valence-corrected chi connectivity index (χ4v) is 5.29. The number of halogens is 1. The van der Waals surface area contributed by atoms with Crippen LogP contribution in [0.4, 0.5) is 9.80 Å². The number of nitrogens with one attached hydrogen (secondary N) is 3. The third-order valence-corrected chi connectivity index (χ3v) is 7.44. The number of aromatic hydroxyl groups is 1. The summed E-state index contributed by atoms with van der Waals surface area (Å²) in [5, 5.41) is 28.2. The molecule has 1 aliphatic rings. The van der Waals surface area contributed by atoms with E-state index in [9.17, 15) is 19.5 Å². The number of aromatic carboxylic acids is 1. The van der Waals surface area contributed by atoms with Crippen molar-refractivity contribution < 1.29 is 24.6 Å². The molecule has 200 valence electrons. The Morgan fingerprint density at radius 1 is 1.08 bits per heavy atom. The summed E-state index contributed by atoms with van der Waals surface area (Å²) in [5.41, 5.74) is 1.82. The van der Waals surface area contributed by atoms with E-state index in [4.69, 9.17) is 16.7 Å². The molecular weight excluding hydrogens is 528 g/mol. The molecule has 0 radical (unpaired) electrons. The third kappa shape index (κ3) is 7.95. The first-order valence-corrected chi connectivity index (χ1v) is 13.4. The lowest BCUT2D eigenvalue weighted by atomic mass is 10.0. The number of carboxylic acids is 1. The van der Waals surface area contributed by atoms with Gasteiger partial charge in [-0.25, -0.2) is 9.59 Å². The van der Waals surface area contributed by atoms with E-state index in [1.165, 1.54) is 12.1 Å². The van der Waals surface area contributed by atoms with E-state index < -0.39 is 18.0 Å². The molecule has 9 nitrogen and oxygen atoms in total. The highest BCUT2D eigenvalue weighted by Crippen LogP contribution is 2.22. The molecule has 1 aromatic heterocycles. The second-order valence-corrected chi connectivity index (χ2v) is 10.7. The molecule has 4 rings (SSSR count). The normalized spacial score (nSPS) is 16.4. The number of carbonyl (C=O) groups is 3.